The second kappa shape index (κ2) is 4.23. The minimum Gasteiger partial charge on any atom is -0.326 e. The van der Waals surface area contributed by atoms with Crippen molar-refractivity contribution in [3.8, 4) is 0 Å². The lowest BCUT2D eigenvalue weighted by Gasteiger charge is -1.88. The Balaban J connectivity index is 0.000000640. The molecule has 0 atom stereocenters. The van der Waals surface area contributed by atoms with E-state index in [1.165, 1.54) is 6.33 Å². The van der Waals surface area contributed by atoms with Crippen molar-refractivity contribution in [2.45, 2.75) is 6.54 Å². The number of nitrogens with two attached hydrogens (primary N) is 1. The lowest BCUT2D eigenvalue weighted by atomic mass is 10.4. The molecule has 0 unspecified atom stereocenters. The lowest BCUT2D eigenvalue weighted by Crippen LogP contribution is -1.96. The van der Waals surface area contributed by atoms with Gasteiger partial charge in [-0.3, -0.25) is 0 Å². The van der Waals surface area contributed by atoms with Gasteiger partial charge in [-0.2, -0.15) is 0 Å². The van der Waals surface area contributed by atoms with Gasteiger partial charge >= 0.3 is 0 Å². The summed E-state index contributed by atoms with van der Waals surface area (Å²) < 4.78 is 0. The number of hydrogen-bond acceptors (Lipinski definition) is 3. The fourth-order valence-corrected chi connectivity index (χ4v) is 0.435. The Morgan fingerprint density at radius 2 is 1.89 bits per heavy atom. The van der Waals surface area contributed by atoms with Gasteiger partial charge < -0.3 is 5.73 Å². The summed E-state index contributed by atoms with van der Waals surface area (Å²) in [7, 11) is 0. The quantitative estimate of drug-likeness (QED) is 0.621. The summed E-state index contributed by atoms with van der Waals surface area (Å²) >= 11 is 0. The van der Waals surface area contributed by atoms with Crippen molar-refractivity contribution in [1.82, 2.24) is 9.97 Å². The fraction of sp³-hybridized carbons (Fsp3) is 0.200. The monoisotopic (exact) mass is 145 g/mol. The second-order valence-corrected chi connectivity index (χ2v) is 1.45. The molecule has 0 aromatic carbocycles. The minimum absolute atomic E-state index is 0. The SMILES string of the molecule is Cl.NCc1cncnc1. The molecule has 1 aromatic rings. The molecule has 1 aromatic heterocycles. The van der Waals surface area contributed by atoms with E-state index >= 15 is 0 Å². The molecule has 0 aliphatic rings. The largest absolute Gasteiger partial charge is 0.326 e. The van der Waals surface area contributed by atoms with E-state index < -0.39 is 0 Å². The Kier molecular flexibility index (Phi) is 3.92. The molecule has 2 N–H and O–H groups in total. The van der Waals surface area contributed by atoms with E-state index in [1.54, 1.807) is 12.4 Å². The summed E-state index contributed by atoms with van der Waals surface area (Å²) in [5.41, 5.74) is 6.24. The van der Waals surface area contributed by atoms with Crippen LogP contribution in [0.15, 0.2) is 18.7 Å². The third-order valence-electron chi connectivity index (χ3n) is 0.850. The zero-order valence-electron chi connectivity index (χ0n) is 4.82. The van der Waals surface area contributed by atoms with Gasteiger partial charge in [-0.15, -0.1) is 12.4 Å². The normalized spacial score (nSPS) is 8.11. The van der Waals surface area contributed by atoms with Crippen LogP contribution in [0.4, 0.5) is 0 Å². The van der Waals surface area contributed by atoms with E-state index in [1.807, 2.05) is 0 Å². The zero-order chi connectivity index (χ0) is 5.82. The highest BCUT2D eigenvalue weighted by Gasteiger charge is 1.82. The average Bonchev–Trinajstić information content (AvgIpc) is 1.90. The Bertz CT molecular complexity index is 154. The van der Waals surface area contributed by atoms with Crippen molar-refractivity contribution >= 4 is 12.4 Å². The van der Waals surface area contributed by atoms with Gasteiger partial charge in [0.05, 0.1) is 0 Å². The summed E-state index contributed by atoms with van der Waals surface area (Å²) in [6.07, 6.45) is 4.89. The van der Waals surface area contributed by atoms with Gasteiger partial charge in [0.25, 0.3) is 0 Å². The van der Waals surface area contributed by atoms with Crippen LogP contribution in [-0.2, 0) is 6.54 Å². The lowest BCUT2D eigenvalue weighted by molar-refractivity contribution is 1.01. The van der Waals surface area contributed by atoms with Gasteiger partial charge in [-0.05, 0) is 0 Å². The fourth-order valence-electron chi connectivity index (χ4n) is 0.435. The van der Waals surface area contributed by atoms with E-state index in [0.29, 0.717) is 6.54 Å². The topological polar surface area (TPSA) is 51.8 Å². The molecular formula is C5H8ClN3. The summed E-state index contributed by atoms with van der Waals surface area (Å²) in [5, 5.41) is 0. The molecule has 4 heteroatoms. The Hall–Kier alpha value is -0.670. The summed E-state index contributed by atoms with van der Waals surface area (Å²) in [6, 6.07) is 0. The van der Waals surface area contributed by atoms with Crippen LogP contribution in [0.2, 0.25) is 0 Å². The van der Waals surface area contributed by atoms with Crippen LogP contribution < -0.4 is 5.73 Å². The molecule has 50 valence electrons. The van der Waals surface area contributed by atoms with Gasteiger partial charge in [0.1, 0.15) is 6.33 Å². The Morgan fingerprint density at radius 3 is 2.22 bits per heavy atom. The number of halogens is 1. The van der Waals surface area contributed by atoms with E-state index in [-0.39, 0.29) is 12.4 Å². The number of nitrogens with zero attached hydrogens (tertiary/aromatic N) is 2. The number of hydrogen-bond donors (Lipinski definition) is 1. The third kappa shape index (κ3) is 2.39. The molecule has 3 nitrogen and oxygen atoms in total. The Morgan fingerprint density at radius 1 is 1.33 bits per heavy atom. The van der Waals surface area contributed by atoms with Gasteiger partial charge in [0.2, 0.25) is 0 Å². The highest BCUT2D eigenvalue weighted by atomic mass is 35.5. The standard InChI is InChI=1S/C5H7N3.ClH/c6-1-5-2-7-4-8-3-5;/h2-4H,1,6H2;1H. The maximum absolute atomic E-state index is 5.27. The van der Waals surface area contributed by atoms with Crippen LogP contribution in [0, 0.1) is 0 Å². The van der Waals surface area contributed by atoms with Crippen LogP contribution in [0.5, 0.6) is 0 Å². The molecule has 0 saturated heterocycles. The molecule has 0 saturated carbocycles. The average molecular weight is 146 g/mol. The predicted molar refractivity (Wildman–Crippen MR) is 37.2 cm³/mol. The second-order valence-electron chi connectivity index (χ2n) is 1.45. The zero-order valence-corrected chi connectivity index (χ0v) is 5.64. The number of rotatable bonds is 1. The van der Waals surface area contributed by atoms with Crippen molar-refractivity contribution in [2.75, 3.05) is 0 Å². The molecule has 0 fully saturated rings. The minimum atomic E-state index is 0. The number of aromatic nitrogens is 2. The third-order valence-corrected chi connectivity index (χ3v) is 0.850. The first-order chi connectivity index (χ1) is 3.93. The highest BCUT2D eigenvalue weighted by molar-refractivity contribution is 5.85. The molecular weight excluding hydrogens is 138 g/mol. The van der Waals surface area contributed by atoms with Crippen LogP contribution in [-0.4, -0.2) is 9.97 Å². The first-order valence-electron chi connectivity index (χ1n) is 2.37. The molecule has 1 heterocycles. The van der Waals surface area contributed by atoms with Gasteiger partial charge in [0, 0.05) is 24.5 Å². The molecule has 0 aliphatic carbocycles. The van der Waals surface area contributed by atoms with Crippen molar-refractivity contribution in [1.29, 1.82) is 0 Å². The van der Waals surface area contributed by atoms with Gasteiger partial charge in [0.15, 0.2) is 0 Å². The van der Waals surface area contributed by atoms with Crippen LogP contribution in [0.3, 0.4) is 0 Å². The summed E-state index contributed by atoms with van der Waals surface area (Å²) in [4.78, 5) is 7.53. The van der Waals surface area contributed by atoms with Gasteiger partial charge in [-0.25, -0.2) is 9.97 Å². The molecule has 9 heavy (non-hydrogen) atoms. The van der Waals surface area contributed by atoms with E-state index in [4.69, 9.17) is 5.73 Å². The molecule has 0 radical (unpaired) electrons. The van der Waals surface area contributed by atoms with Crippen molar-refractivity contribution in [3.05, 3.63) is 24.3 Å². The van der Waals surface area contributed by atoms with Crippen molar-refractivity contribution < 1.29 is 0 Å². The van der Waals surface area contributed by atoms with E-state index in [9.17, 15) is 0 Å². The highest BCUT2D eigenvalue weighted by Crippen LogP contribution is 1.86. The molecule has 1 rings (SSSR count). The predicted octanol–water partition coefficient (Wildman–Crippen LogP) is 0.357. The van der Waals surface area contributed by atoms with E-state index in [0.717, 1.165) is 5.56 Å². The van der Waals surface area contributed by atoms with Crippen molar-refractivity contribution in [3.63, 3.8) is 0 Å². The Labute approximate surface area is 59.7 Å². The van der Waals surface area contributed by atoms with Crippen molar-refractivity contribution in [2.24, 2.45) is 5.73 Å². The molecule has 0 aliphatic heterocycles. The maximum atomic E-state index is 5.27. The summed E-state index contributed by atoms with van der Waals surface area (Å²) in [6.45, 7) is 0.515. The maximum Gasteiger partial charge on any atom is 0.115 e. The smallest absolute Gasteiger partial charge is 0.115 e. The molecule has 0 amide bonds. The van der Waals surface area contributed by atoms with Crippen LogP contribution in [0.25, 0.3) is 0 Å². The van der Waals surface area contributed by atoms with Crippen LogP contribution >= 0.6 is 12.4 Å². The first-order valence-corrected chi connectivity index (χ1v) is 2.37. The molecule has 0 bridgehead atoms. The summed E-state index contributed by atoms with van der Waals surface area (Å²) in [5.74, 6) is 0. The first kappa shape index (κ1) is 8.33. The molecule has 0 spiro atoms. The van der Waals surface area contributed by atoms with Gasteiger partial charge in [-0.1, -0.05) is 0 Å². The van der Waals surface area contributed by atoms with Crippen LogP contribution in [0.1, 0.15) is 5.56 Å². The van der Waals surface area contributed by atoms with E-state index in [2.05, 4.69) is 9.97 Å².